The van der Waals surface area contributed by atoms with E-state index >= 15 is 0 Å². The number of aromatic amines is 1. The van der Waals surface area contributed by atoms with Crippen LogP contribution in [0.3, 0.4) is 0 Å². The number of H-pyrrole nitrogens is 1. The number of nitrogens with one attached hydrogen (secondary N) is 1. The molecule has 0 spiro atoms. The van der Waals surface area contributed by atoms with Crippen molar-refractivity contribution in [2.45, 2.75) is 19.9 Å². The molecule has 0 aliphatic carbocycles. The van der Waals surface area contributed by atoms with Crippen LogP contribution in [-0.4, -0.2) is 65.3 Å². The number of aromatic nitrogens is 1. The number of benzene rings is 1. The highest BCUT2D eigenvalue weighted by molar-refractivity contribution is 6.03. The summed E-state index contributed by atoms with van der Waals surface area (Å²) in [7, 11) is 1.57. The molecule has 1 aromatic heterocycles. The van der Waals surface area contributed by atoms with Gasteiger partial charge in [0.1, 0.15) is 17.5 Å². The number of amides is 3. The Morgan fingerprint density at radius 2 is 2.00 bits per heavy atom. The van der Waals surface area contributed by atoms with Crippen LogP contribution < -0.4 is 10.5 Å². The predicted molar refractivity (Wildman–Crippen MR) is 95.9 cm³/mol. The van der Waals surface area contributed by atoms with Gasteiger partial charge in [-0.3, -0.25) is 14.4 Å². The van der Waals surface area contributed by atoms with Gasteiger partial charge >= 0.3 is 0 Å². The van der Waals surface area contributed by atoms with Gasteiger partial charge in [0, 0.05) is 25.4 Å². The molecule has 2 aromatic rings. The Labute approximate surface area is 150 Å². The lowest BCUT2D eigenvalue weighted by Gasteiger charge is -2.39. The molecule has 1 atom stereocenters. The fraction of sp³-hybridized carbons (Fsp3) is 0.389. The average Bonchev–Trinajstić information content (AvgIpc) is 2.97. The number of methoxy groups -OCH3 is 1. The molecule has 26 heavy (non-hydrogen) atoms. The molecular weight excluding hydrogens is 336 g/mol. The fourth-order valence-electron chi connectivity index (χ4n) is 3.41. The second-order valence-electron chi connectivity index (χ2n) is 6.39. The minimum absolute atomic E-state index is 0.110. The van der Waals surface area contributed by atoms with Gasteiger partial charge in [-0.05, 0) is 18.6 Å². The molecule has 3 amide bonds. The molecule has 1 unspecified atom stereocenters. The van der Waals surface area contributed by atoms with Crippen LogP contribution in [-0.2, 0) is 9.59 Å². The lowest BCUT2D eigenvalue weighted by Crippen LogP contribution is -2.60. The molecule has 138 valence electrons. The summed E-state index contributed by atoms with van der Waals surface area (Å²) in [6.07, 6.45) is 0. The van der Waals surface area contributed by atoms with Crippen molar-refractivity contribution in [3.8, 4) is 5.75 Å². The zero-order valence-corrected chi connectivity index (χ0v) is 15.0. The highest BCUT2D eigenvalue weighted by Gasteiger charge is 2.36. The zero-order chi connectivity index (χ0) is 19.0. The van der Waals surface area contributed by atoms with Gasteiger partial charge in [-0.25, -0.2) is 0 Å². The van der Waals surface area contributed by atoms with E-state index in [-0.39, 0.29) is 24.9 Å². The van der Waals surface area contributed by atoms with Gasteiger partial charge < -0.3 is 25.3 Å². The van der Waals surface area contributed by atoms with Gasteiger partial charge in [-0.15, -0.1) is 0 Å². The SMILES string of the molecule is COc1cccc2c(C)c(C(=O)N3CCN(C(C)=O)CC3C(N)=O)[nH]c12. The minimum Gasteiger partial charge on any atom is -0.495 e. The maximum absolute atomic E-state index is 13.1. The van der Waals surface area contributed by atoms with Crippen molar-refractivity contribution in [2.24, 2.45) is 5.73 Å². The summed E-state index contributed by atoms with van der Waals surface area (Å²) in [6.45, 7) is 4.00. The van der Waals surface area contributed by atoms with Gasteiger partial charge in [0.25, 0.3) is 5.91 Å². The first-order valence-electron chi connectivity index (χ1n) is 8.36. The van der Waals surface area contributed by atoms with Gasteiger partial charge in [0.05, 0.1) is 19.2 Å². The topological polar surface area (TPSA) is 109 Å². The quantitative estimate of drug-likeness (QED) is 0.839. The number of hydrogen-bond donors (Lipinski definition) is 2. The number of aryl methyl sites for hydroxylation is 1. The Hall–Kier alpha value is -3.03. The number of fused-ring (bicyclic) bond motifs is 1. The van der Waals surface area contributed by atoms with E-state index in [1.54, 1.807) is 7.11 Å². The number of nitrogens with two attached hydrogens (primary N) is 1. The molecule has 3 rings (SSSR count). The lowest BCUT2D eigenvalue weighted by molar-refractivity contribution is -0.134. The summed E-state index contributed by atoms with van der Waals surface area (Å²) >= 11 is 0. The number of carbonyl (C=O) groups excluding carboxylic acids is 3. The van der Waals surface area contributed by atoms with E-state index in [1.807, 2.05) is 25.1 Å². The Bertz CT molecular complexity index is 889. The summed E-state index contributed by atoms with van der Waals surface area (Å²) in [4.78, 5) is 42.7. The first-order valence-corrected chi connectivity index (χ1v) is 8.36. The summed E-state index contributed by atoms with van der Waals surface area (Å²) < 4.78 is 5.35. The molecule has 0 bridgehead atoms. The van der Waals surface area contributed by atoms with E-state index in [9.17, 15) is 14.4 Å². The first kappa shape index (κ1) is 17.8. The first-order chi connectivity index (χ1) is 12.3. The third-order valence-electron chi connectivity index (χ3n) is 4.90. The average molecular weight is 358 g/mol. The van der Waals surface area contributed by atoms with Crippen molar-refractivity contribution in [2.75, 3.05) is 26.7 Å². The van der Waals surface area contributed by atoms with Gasteiger partial charge in [-0.2, -0.15) is 0 Å². The molecule has 1 aliphatic heterocycles. The van der Waals surface area contributed by atoms with Gasteiger partial charge in [-0.1, -0.05) is 12.1 Å². The van der Waals surface area contributed by atoms with Crippen LogP contribution in [0.25, 0.3) is 10.9 Å². The number of para-hydroxylation sites is 1. The van der Waals surface area contributed by atoms with Crippen molar-refractivity contribution >= 4 is 28.6 Å². The number of carbonyl (C=O) groups is 3. The van der Waals surface area contributed by atoms with Crippen LogP contribution in [0.4, 0.5) is 0 Å². The summed E-state index contributed by atoms with van der Waals surface area (Å²) in [6, 6.07) is 4.71. The highest BCUT2D eigenvalue weighted by atomic mass is 16.5. The highest BCUT2D eigenvalue weighted by Crippen LogP contribution is 2.30. The standard InChI is InChI=1S/C18H22N4O4/c1-10-12-5-4-6-14(26-3)16(12)20-15(10)18(25)22-8-7-21(11(2)23)9-13(22)17(19)24/h4-6,13,20H,7-9H2,1-3H3,(H2,19,24). The molecule has 8 nitrogen and oxygen atoms in total. The molecule has 2 heterocycles. The van der Waals surface area contributed by atoms with Crippen molar-refractivity contribution in [3.63, 3.8) is 0 Å². The molecule has 0 radical (unpaired) electrons. The molecule has 3 N–H and O–H groups in total. The van der Waals surface area contributed by atoms with Crippen molar-refractivity contribution in [1.29, 1.82) is 0 Å². The predicted octanol–water partition coefficient (Wildman–Crippen LogP) is 0.643. The Kier molecular flexibility index (Phi) is 4.58. The maximum Gasteiger partial charge on any atom is 0.271 e. The van der Waals surface area contributed by atoms with E-state index < -0.39 is 11.9 Å². The Morgan fingerprint density at radius 1 is 1.27 bits per heavy atom. The van der Waals surface area contributed by atoms with E-state index in [2.05, 4.69) is 4.98 Å². The van der Waals surface area contributed by atoms with Gasteiger partial charge in [0.2, 0.25) is 11.8 Å². The zero-order valence-electron chi connectivity index (χ0n) is 15.0. The van der Waals surface area contributed by atoms with Crippen molar-refractivity contribution in [1.82, 2.24) is 14.8 Å². The Morgan fingerprint density at radius 3 is 2.62 bits per heavy atom. The monoisotopic (exact) mass is 358 g/mol. The molecule has 1 saturated heterocycles. The molecule has 1 fully saturated rings. The second kappa shape index (κ2) is 6.70. The van der Waals surface area contributed by atoms with E-state index in [0.717, 1.165) is 16.5 Å². The molecule has 8 heteroatoms. The molecular formula is C18H22N4O4. The number of piperazine rings is 1. The van der Waals surface area contributed by atoms with Crippen LogP contribution in [0.2, 0.25) is 0 Å². The molecule has 0 saturated carbocycles. The second-order valence-corrected chi connectivity index (χ2v) is 6.39. The fourth-order valence-corrected chi connectivity index (χ4v) is 3.41. The molecule has 1 aromatic carbocycles. The van der Waals surface area contributed by atoms with Gasteiger partial charge in [0.15, 0.2) is 0 Å². The number of rotatable bonds is 3. The number of primary amides is 1. The minimum atomic E-state index is -0.854. The smallest absolute Gasteiger partial charge is 0.271 e. The third-order valence-corrected chi connectivity index (χ3v) is 4.90. The van der Waals surface area contributed by atoms with Crippen LogP contribution in [0.5, 0.6) is 5.75 Å². The van der Waals surface area contributed by atoms with Crippen LogP contribution in [0.1, 0.15) is 23.0 Å². The van der Waals surface area contributed by atoms with Crippen LogP contribution >= 0.6 is 0 Å². The number of nitrogens with zero attached hydrogens (tertiary/aromatic N) is 2. The van der Waals surface area contributed by atoms with E-state index in [4.69, 9.17) is 10.5 Å². The van der Waals surface area contributed by atoms with E-state index in [1.165, 1.54) is 16.7 Å². The summed E-state index contributed by atoms with van der Waals surface area (Å²) in [5.74, 6) is -0.448. The van der Waals surface area contributed by atoms with Crippen LogP contribution in [0, 0.1) is 6.92 Å². The number of hydrogen-bond acceptors (Lipinski definition) is 4. The summed E-state index contributed by atoms with van der Waals surface area (Å²) in [5.41, 5.74) is 7.40. The normalized spacial score (nSPS) is 17.4. The maximum atomic E-state index is 13.1. The summed E-state index contributed by atoms with van der Waals surface area (Å²) in [5, 5.41) is 0.880. The largest absolute Gasteiger partial charge is 0.495 e. The van der Waals surface area contributed by atoms with Crippen LogP contribution in [0.15, 0.2) is 18.2 Å². The number of ether oxygens (including phenoxy) is 1. The Balaban J connectivity index is 1.98. The lowest BCUT2D eigenvalue weighted by atomic mass is 10.1. The van der Waals surface area contributed by atoms with E-state index in [0.29, 0.717) is 18.0 Å². The molecule has 1 aliphatic rings. The van der Waals surface area contributed by atoms with Crippen molar-refractivity contribution in [3.05, 3.63) is 29.5 Å². The third kappa shape index (κ3) is 2.87. The van der Waals surface area contributed by atoms with Crippen molar-refractivity contribution < 1.29 is 19.1 Å².